The van der Waals surface area contributed by atoms with E-state index in [0.717, 1.165) is 5.56 Å². The molecule has 2 aromatic heterocycles. The molecule has 2 heterocycles. The van der Waals surface area contributed by atoms with Crippen LogP contribution in [0.4, 0.5) is 19.1 Å². The Bertz CT molecular complexity index is 1170. The summed E-state index contributed by atoms with van der Waals surface area (Å²) in [6.45, 7) is 2.08. The molecule has 5 nitrogen and oxygen atoms in total. The fourth-order valence-electron chi connectivity index (χ4n) is 3.45. The topological polar surface area (TPSA) is 55.6 Å². The molecule has 172 valence electrons. The highest BCUT2D eigenvalue weighted by Gasteiger charge is 2.18. The van der Waals surface area contributed by atoms with Crippen molar-refractivity contribution in [1.29, 1.82) is 0 Å². The zero-order chi connectivity index (χ0) is 22.5. The largest absolute Gasteiger partial charge is 0.348 e. The van der Waals surface area contributed by atoms with Gasteiger partial charge in [-0.3, -0.25) is 0 Å². The molecule has 0 aliphatic heterocycles. The summed E-state index contributed by atoms with van der Waals surface area (Å²) in [4.78, 5) is 13.4. The average molecular weight is 472 g/mol. The molecule has 9 heteroatoms. The summed E-state index contributed by atoms with van der Waals surface area (Å²) in [5.74, 6) is 0.0429. The van der Waals surface area contributed by atoms with Crippen molar-refractivity contribution in [2.75, 3.05) is 5.32 Å². The fourth-order valence-corrected chi connectivity index (χ4v) is 3.45. The predicted octanol–water partition coefficient (Wildman–Crippen LogP) is 6.09. The maximum absolute atomic E-state index is 13.4. The SMILES string of the molecule is C[C@H](Nc1nccc(-c2c(-c3ccc(F)cc3)ncn2CCC(F)F)n1)c1ccccc1.S. The third-order valence-electron chi connectivity index (χ3n) is 5.09. The van der Waals surface area contributed by atoms with Crippen molar-refractivity contribution in [2.24, 2.45) is 0 Å². The molecular weight excluding hydrogens is 447 g/mol. The highest BCUT2D eigenvalue weighted by atomic mass is 32.1. The van der Waals surface area contributed by atoms with Gasteiger partial charge in [-0.05, 0) is 42.8 Å². The number of halogens is 3. The van der Waals surface area contributed by atoms with Gasteiger partial charge in [-0.15, -0.1) is 0 Å². The van der Waals surface area contributed by atoms with Gasteiger partial charge >= 0.3 is 0 Å². The van der Waals surface area contributed by atoms with Crippen LogP contribution in [-0.4, -0.2) is 25.9 Å². The van der Waals surface area contributed by atoms with Gasteiger partial charge in [0.15, 0.2) is 0 Å². The zero-order valence-corrected chi connectivity index (χ0v) is 18.9. The van der Waals surface area contributed by atoms with Gasteiger partial charge in [-0.1, -0.05) is 30.3 Å². The molecule has 0 aliphatic rings. The maximum atomic E-state index is 13.4. The van der Waals surface area contributed by atoms with E-state index in [1.54, 1.807) is 29.0 Å². The number of rotatable bonds is 8. The molecule has 0 amide bonds. The number of hydrogen-bond acceptors (Lipinski definition) is 4. The number of aromatic nitrogens is 4. The van der Waals surface area contributed by atoms with E-state index in [4.69, 9.17) is 0 Å². The van der Waals surface area contributed by atoms with E-state index in [-0.39, 0.29) is 38.3 Å². The Kier molecular flexibility index (Phi) is 8.11. The summed E-state index contributed by atoms with van der Waals surface area (Å²) in [7, 11) is 0. The summed E-state index contributed by atoms with van der Waals surface area (Å²) in [5.41, 5.74) is 3.41. The first-order chi connectivity index (χ1) is 15.5. The van der Waals surface area contributed by atoms with Gasteiger partial charge in [-0.25, -0.2) is 28.1 Å². The number of alkyl halides is 2. The van der Waals surface area contributed by atoms with Gasteiger partial charge in [0, 0.05) is 24.7 Å². The van der Waals surface area contributed by atoms with E-state index in [9.17, 15) is 13.2 Å². The van der Waals surface area contributed by atoms with E-state index in [0.29, 0.717) is 28.6 Å². The number of hydrogen-bond donors (Lipinski definition) is 1. The number of benzene rings is 2. The molecule has 0 spiro atoms. The smallest absolute Gasteiger partial charge is 0.240 e. The zero-order valence-electron chi connectivity index (χ0n) is 17.9. The highest BCUT2D eigenvalue weighted by Crippen LogP contribution is 2.31. The Labute approximate surface area is 197 Å². The van der Waals surface area contributed by atoms with Crippen LogP contribution in [0.1, 0.15) is 24.9 Å². The summed E-state index contributed by atoms with van der Waals surface area (Å²) >= 11 is 0. The third kappa shape index (κ3) is 5.92. The van der Waals surface area contributed by atoms with Crippen molar-refractivity contribution in [3.8, 4) is 22.6 Å². The first-order valence-electron chi connectivity index (χ1n) is 10.3. The minimum Gasteiger partial charge on any atom is -0.348 e. The lowest BCUT2D eigenvalue weighted by atomic mass is 10.1. The van der Waals surface area contributed by atoms with Crippen LogP contribution in [0.5, 0.6) is 0 Å². The first kappa shape index (κ1) is 24.3. The quantitative estimate of drug-likeness (QED) is 0.338. The van der Waals surface area contributed by atoms with Crippen molar-refractivity contribution in [2.45, 2.75) is 32.4 Å². The van der Waals surface area contributed by atoms with Crippen LogP contribution in [0.25, 0.3) is 22.6 Å². The maximum Gasteiger partial charge on any atom is 0.240 e. The number of imidazole rings is 1. The Morgan fingerprint density at radius 3 is 2.39 bits per heavy atom. The van der Waals surface area contributed by atoms with E-state index in [1.807, 2.05) is 37.3 Å². The van der Waals surface area contributed by atoms with E-state index in [2.05, 4.69) is 20.3 Å². The van der Waals surface area contributed by atoms with Crippen LogP contribution in [0.15, 0.2) is 73.2 Å². The summed E-state index contributed by atoms with van der Waals surface area (Å²) in [6, 6.07) is 17.5. The van der Waals surface area contributed by atoms with Gasteiger partial charge in [0.25, 0.3) is 0 Å². The van der Waals surface area contributed by atoms with E-state index >= 15 is 0 Å². The predicted molar refractivity (Wildman–Crippen MR) is 128 cm³/mol. The Morgan fingerprint density at radius 1 is 0.970 bits per heavy atom. The van der Waals surface area contributed by atoms with Gasteiger partial charge in [0.1, 0.15) is 5.82 Å². The van der Waals surface area contributed by atoms with Crippen molar-refractivity contribution in [3.63, 3.8) is 0 Å². The molecule has 4 aromatic rings. The second-order valence-electron chi connectivity index (χ2n) is 7.36. The monoisotopic (exact) mass is 471 g/mol. The molecule has 0 saturated carbocycles. The number of anilines is 1. The van der Waals surface area contributed by atoms with Crippen molar-refractivity contribution >= 4 is 19.4 Å². The molecule has 0 saturated heterocycles. The normalized spacial score (nSPS) is 11.8. The second kappa shape index (κ2) is 11.0. The van der Waals surface area contributed by atoms with Crippen LogP contribution in [0.2, 0.25) is 0 Å². The van der Waals surface area contributed by atoms with Crippen molar-refractivity contribution in [1.82, 2.24) is 19.5 Å². The second-order valence-corrected chi connectivity index (χ2v) is 7.36. The summed E-state index contributed by atoms with van der Waals surface area (Å²) in [6.07, 6.45) is 0.376. The Balaban J connectivity index is 0.00000306. The lowest BCUT2D eigenvalue weighted by Gasteiger charge is -2.15. The minimum absolute atomic E-state index is 0. The third-order valence-corrected chi connectivity index (χ3v) is 5.09. The van der Waals surface area contributed by atoms with E-state index < -0.39 is 6.43 Å². The highest BCUT2D eigenvalue weighted by molar-refractivity contribution is 7.59. The molecule has 0 bridgehead atoms. The van der Waals surface area contributed by atoms with Gasteiger partial charge in [0.05, 0.1) is 29.5 Å². The summed E-state index contributed by atoms with van der Waals surface area (Å²) < 4.78 is 40.8. The number of aryl methyl sites for hydroxylation is 1. The summed E-state index contributed by atoms with van der Waals surface area (Å²) in [5, 5.41) is 3.28. The van der Waals surface area contributed by atoms with Crippen LogP contribution in [0.3, 0.4) is 0 Å². The number of nitrogens with one attached hydrogen (secondary N) is 1. The molecule has 0 fully saturated rings. The van der Waals surface area contributed by atoms with Gasteiger partial charge in [0.2, 0.25) is 12.4 Å². The number of nitrogens with zero attached hydrogens (tertiary/aromatic N) is 4. The molecular formula is C24H24F3N5S. The average Bonchev–Trinajstić information content (AvgIpc) is 3.23. The van der Waals surface area contributed by atoms with Crippen LogP contribution >= 0.6 is 13.5 Å². The Hall–Kier alpha value is -3.33. The molecule has 1 atom stereocenters. The molecule has 2 aromatic carbocycles. The fraction of sp³-hybridized carbons (Fsp3) is 0.208. The van der Waals surface area contributed by atoms with Crippen LogP contribution in [-0.2, 0) is 6.54 Å². The molecule has 4 rings (SSSR count). The molecule has 0 radical (unpaired) electrons. The molecule has 0 unspecified atom stereocenters. The van der Waals surface area contributed by atoms with Gasteiger partial charge in [-0.2, -0.15) is 13.5 Å². The lowest BCUT2D eigenvalue weighted by molar-refractivity contribution is 0.131. The van der Waals surface area contributed by atoms with Crippen molar-refractivity contribution in [3.05, 3.63) is 84.6 Å². The van der Waals surface area contributed by atoms with Crippen molar-refractivity contribution < 1.29 is 13.2 Å². The van der Waals surface area contributed by atoms with Crippen LogP contribution in [0, 0.1) is 5.82 Å². The first-order valence-corrected chi connectivity index (χ1v) is 10.3. The molecule has 0 aliphatic carbocycles. The lowest BCUT2D eigenvalue weighted by Crippen LogP contribution is -2.10. The van der Waals surface area contributed by atoms with Gasteiger partial charge < -0.3 is 9.88 Å². The molecule has 1 N–H and O–H groups in total. The van der Waals surface area contributed by atoms with E-state index in [1.165, 1.54) is 18.5 Å². The Morgan fingerprint density at radius 2 is 1.70 bits per heavy atom. The minimum atomic E-state index is -2.44. The van der Waals surface area contributed by atoms with Crippen LogP contribution < -0.4 is 5.32 Å². The molecule has 33 heavy (non-hydrogen) atoms. The standard InChI is InChI=1S/C24H22F3N5.H2S/c1-16(17-5-3-2-4-6-17)30-24-28-13-11-20(31-24)23-22(18-7-9-19(25)10-8-18)29-15-32(23)14-12-21(26)27;/h2-11,13,15-16,21H,12,14H2,1H3,(H,28,30,31);1H2/t16-;/m0./s1.